The van der Waals surface area contributed by atoms with Crippen molar-refractivity contribution in [3.8, 4) is 0 Å². The van der Waals surface area contributed by atoms with Crippen LogP contribution in [0.3, 0.4) is 0 Å². The Kier molecular flexibility index (Phi) is 4.09. The fraction of sp³-hybridized carbons (Fsp3) is 0.636. The molecule has 1 saturated heterocycles. The predicted molar refractivity (Wildman–Crippen MR) is 60.4 cm³/mol. The second-order valence-corrected chi connectivity index (χ2v) is 4.38. The molecule has 1 unspecified atom stereocenters. The summed E-state index contributed by atoms with van der Waals surface area (Å²) in [7, 11) is 0. The molecule has 4 nitrogen and oxygen atoms in total. The first-order chi connectivity index (χ1) is 7.74. The lowest BCUT2D eigenvalue weighted by Crippen LogP contribution is -2.10. The van der Waals surface area contributed by atoms with E-state index in [1.807, 2.05) is 6.92 Å². The number of hydrogen-bond donors (Lipinski definition) is 0. The highest BCUT2D eigenvalue weighted by Gasteiger charge is 2.15. The summed E-state index contributed by atoms with van der Waals surface area (Å²) in [5.41, 5.74) is 0.864. The van der Waals surface area contributed by atoms with E-state index in [4.69, 9.17) is 21.1 Å². The number of aryl methyl sites for hydroxylation is 1. The fourth-order valence-electron chi connectivity index (χ4n) is 1.68. The van der Waals surface area contributed by atoms with E-state index in [0.717, 1.165) is 25.3 Å². The van der Waals surface area contributed by atoms with E-state index in [2.05, 4.69) is 9.97 Å². The van der Waals surface area contributed by atoms with Crippen LogP contribution in [0.25, 0.3) is 0 Å². The van der Waals surface area contributed by atoms with E-state index in [0.29, 0.717) is 30.1 Å². The molecule has 2 rings (SSSR count). The zero-order chi connectivity index (χ0) is 11.4. The van der Waals surface area contributed by atoms with Gasteiger partial charge in [-0.05, 0) is 19.4 Å². The summed E-state index contributed by atoms with van der Waals surface area (Å²) < 4.78 is 10.8. The molecule has 0 spiro atoms. The van der Waals surface area contributed by atoms with Crippen LogP contribution >= 0.6 is 11.6 Å². The van der Waals surface area contributed by atoms with E-state index in [-0.39, 0.29) is 0 Å². The number of rotatable bonds is 4. The summed E-state index contributed by atoms with van der Waals surface area (Å²) in [5.74, 6) is 1.16. The quantitative estimate of drug-likeness (QED) is 0.758. The molecule has 1 atom stereocenters. The van der Waals surface area contributed by atoms with Gasteiger partial charge in [-0.25, -0.2) is 9.97 Å². The van der Waals surface area contributed by atoms with Crippen LogP contribution in [0.1, 0.15) is 17.9 Å². The van der Waals surface area contributed by atoms with Crippen LogP contribution < -0.4 is 0 Å². The Morgan fingerprint density at radius 3 is 3.12 bits per heavy atom. The van der Waals surface area contributed by atoms with Gasteiger partial charge in [0, 0.05) is 18.2 Å². The summed E-state index contributed by atoms with van der Waals surface area (Å²) >= 11 is 5.83. The van der Waals surface area contributed by atoms with Crippen molar-refractivity contribution in [2.45, 2.75) is 20.0 Å². The Morgan fingerprint density at radius 2 is 2.44 bits per heavy atom. The van der Waals surface area contributed by atoms with Gasteiger partial charge in [-0.2, -0.15) is 0 Å². The molecule has 1 aromatic heterocycles. The van der Waals surface area contributed by atoms with Gasteiger partial charge in [0.15, 0.2) is 5.82 Å². The van der Waals surface area contributed by atoms with Gasteiger partial charge >= 0.3 is 0 Å². The van der Waals surface area contributed by atoms with Crippen LogP contribution in [0.15, 0.2) is 6.07 Å². The topological polar surface area (TPSA) is 44.2 Å². The van der Waals surface area contributed by atoms with Crippen LogP contribution in [0, 0.1) is 12.8 Å². The SMILES string of the molecule is Cc1cc(Cl)nc(COCC2CCOC2)n1. The highest BCUT2D eigenvalue weighted by Crippen LogP contribution is 2.13. The van der Waals surface area contributed by atoms with Gasteiger partial charge in [0.05, 0.1) is 13.2 Å². The molecule has 0 saturated carbocycles. The Balaban J connectivity index is 1.80. The molecular formula is C11H15ClN2O2. The maximum atomic E-state index is 5.83. The molecule has 0 amide bonds. The number of ether oxygens (including phenoxy) is 2. The van der Waals surface area contributed by atoms with Crippen LogP contribution in [0.4, 0.5) is 0 Å². The summed E-state index contributed by atoms with van der Waals surface area (Å²) in [5, 5.41) is 0.468. The van der Waals surface area contributed by atoms with E-state index in [1.54, 1.807) is 6.07 Å². The van der Waals surface area contributed by atoms with E-state index >= 15 is 0 Å². The average Bonchev–Trinajstić information content (AvgIpc) is 2.69. The third-order valence-corrected chi connectivity index (χ3v) is 2.67. The summed E-state index contributed by atoms with van der Waals surface area (Å²) in [4.78, 5) is 8.34. The molecule has 2 heterocycles. The van der Waals surface area contributed by atoms with Gasteiger partial charge in [0.1, 0.15) is 11.8 Å². The van der Waals surface area contributed by atoms with Crippen LogP contribution in [-0.4, -0.2) is 29.8 Å². The fourth-order valence-corrected chi connectivity index (χ4v) is 1.94. The van der Waals surface area contributed by atoms with E-state index in [1.165, 1.54) is 0 Å². The van der Waals surface area contributed by atoms with Gasteiger partial charge in [-0.3, -0.25) is 0 Å². The minimum absolute atomic E-state index is 0.415. The van der Waals surface area contributed by atoms with Gasteiger partial charge in [0.2, 0.25) is 0 Å². The van der Waals surface area contributed by atoms with Crippen LogP contribution in [0.5, 0.6) is 0 Å². The normalized spacial score (nSPS) is 20.2. The van der Waals surface area contributed by atoms with Gasteiger partial charge in [-0.1, -0.05) is 11.6 Å². The average molecular weight is 243 g/mol. The van der Waals surface area contributed by atoms with Crippen molar-refractivity contribution in [3.63, 3.8) is 0 Å². The second kappa shape index (κ2) is 5.57. The highest BCUT2D eigenvalue weighted by atomic mass is 35.5. The van der Waals surface area contributed by atoms with Gasteiger partial charge in [0.25, 0.3) is 0 Å². The number of halogens is 1. The van der Waals surface area contributed by atoms with Crippen molar-refractivity contribution in [1.82, 2.24) is 9.97 Å². The molecule has 0 aliphatic carbocycles. The Morgan fingerprint density at radius 1 is 1.56 bits per heavy atom. The lowest BCUT2D eigenvalue weighted by Gasteiger charge is -2.08. The lowest BCUT2D eigenvalue weighted by molar-refractivity contribution is 0.0752. The maximum absolute atomic E-state index is 5.83. The molecular weight excluding hydrogens is 228 g/mol. The second-order valence-electron chi connectivity index (χ2n) is 3.99. The Hall–Kier alpha value is -0.710. The molecule has 5 heteroatoms. The molecule has 1 aliphatic heterocycles. The van der Waals surface area contributed by atoms with Gasteiger partial charge in [-0.15, -0.1) is 0 Å². The standard InChI is InChI=1S/C11H15ClN2O2/c1-8-4-10(12)14-11(13-8)7-16-6-9-2-3-15-5-9/h4,9H,2-3,5-7H2,1H3. The van der Waals surface area contributed by atoms with Crippen molar-refractivity contribution < 1.29 is 9.47 Å². The number of nitrogens with zero attached hydrogens (tertiary/aromatic N) is 2. The van der Waals surface area contributed by atoms with Crippen molar-refractivity contribution in [1.29, 1.82) is 0 Å². The third-order valence-electron chi connectivity index (χ3n) is 2.48. The molecule has 88 valence electrons. The van der Waals surface area contributed by atoms with Crippen LogP contribution in [-0.2, 0) is 16.1 Å². The van der Waals surface area contributed by atoms with Gasteiger partial charge < -0.3 is 9.47 Å². The van der Waals surface area contributed by atoms with Crippen LogP contribution in [0.2, 0.25) is 5.15 Å². The van der Waals surface area contributed by atoms with Crippen molar-refractivity contribution in [2.24, 2.45) is 5.92 Å². The molecule has 16 heavy (non-hydrogen) atoms. The van der Waals surface area contributed by atoms with E-state index < -0.39 is 0 Å². The molecule has 0 bridgehead atoms. The number of aromatic nitrogens is 2. The minimum atomic E-state index is 0.415. The largest absolute Gasteiger partial charge is 0.381 e. The maximum Gasteiger partial charge on any atom is 0.155 e. The molecule has 1 fully saturated rings. The molecule has 0 N–H and O–H groups in total. The first-order valence-electron chi connectivity index (χ1n) is 5.39. The van der Waals surface area contributed by atoms with Crippen molar-refractivity contribution in [3.05, 3.63) is 22.7 Å². The highest BCUT2D eigenvalue weighted by molar-refractivity contribution is 6.29. The molecule has 1 aliphatic rings. The first kappa shape index (κ1) is 11.8. The smallest absolute Gasteiger partial charge is 0.155 e. The van der Waals surface area contributed by atoms with Crippen molar-refractivity contribution in [2.75, 3.05) is 19.8 Å². The zero-order valence-corrected chi connectivity index (χ0v) is 10.0. The molecule has 0 aromatic carbocycles. The molecule has 1 aromatic rings. The zero-order valence-electron chi connectivity index (χ0n) is 9.28. The lowest BCUT2D eigenvalue weighted by atomic mass is 10.1. The minimum Gasteiger partial charge on any atom is -0.381 e. The first-order valence-corrected chi connectivity index (χ1v) is 5.77. The summed E-state index contributed by atoms with van der Waals surface area (Å²) in [6.07, 6.45) is 1.08. The number of hydrogen-bond acceptors (Lipinski definition) is 4. The third kappa shape index (κ3) is 3.40. The Labute approximate surface area is 99.9 Å². The van der Waals surface area contributed by atoms with Crippen molar-refractivity contribution >= 4 is 11.6 Å². The molecule has 0 radical (unpaired) electrons. The summed E-state index contributed by atoms with van der Waals surface area (Å²) in [6, 6.07) is 1.73. The Bertz CT molecular complexity index is 334. The predicted octanol–water partition coefficient (Wildman–Crippen LogP) is 1.99. The monoisotopic (exact) mass is 242 g/mol. The summed E-state index contributed by atoms with van der Waals surface area (Å²) in [6.45, 7) is 4.66. The van der Waals surface area contributed by atoms with E-state index in [9.17, 15) is 0 Å².